The summed E-state index contributed by atoms with van der Waals surface area (Å²) in [6, 6.07) is 10.2. The van der Waals surface area contributed by atoms with Crippen molar-refractivity contribution < 1.29 is 9.53 Å². The molecule has 0 radical (unpaired) electrons. The number of aryl methyl sites for hydroxylation is 1. The minimum absolute atomic E-state index is 0.0554. The third-order valence-corrected chi connectivity index (χ3v) is 2.69. The van der Waals surface area contributed by atoms with Crippen LogP contribution in [0.2, 0.25) is 0 Å². The summed E-state index contributed by atoms with van der Waals surface area (Å²) in [4.78, 5) is 11.7. The second kappa shape index (κ2) is 7.85. The molecule has 0 saturated carbocycles. The Morgan fingerprint density at radius 2 is 2.06 bits per heavy atom. The topological polar surface area (TPSA) is 38.3 Å². The molecular weight excluding hydrogens is 214 g/mol. The summed E-state index contributed by atoms with van der Waals surface area (Å²) >= 11 is 0. The predicted octanol–water partition coefficient (Wildman–Crippen LogP) is 2.02. The SMILES string of the molecule is CCOC(=O)C(CCc1ccccc1)CNC. The smallest absolute Gasteiger partial charge is 0.310 e. The first-order valence-corrected chi connectivity index (χ1v) is 6.13. The van der Waals surface area contributed by atoms with Gasteiger partial charge in [-0.05, 0) is 32.4 Å². The zero-order chi connectivity index (χ0) is 12.5. The molecule has 0 aliphatic heterocycles. The van der Waals surface area contributed by atoms with E-state index in [1.54, 1.807) is 0 Å². The molecule has 17 heavy (non-hydrogen) atoms. The normalized spacial score (nSPS) is 12.1. The van der Waals surface area contributed by atoms with E-state index < -0.39 is 0 Å². The van der Waals surface area contributed by atoms with E-state index in [1.165, 1.54) is 5.56 Å². The Morgan fingerprint density at radius 1 is 1.35 bits per heavy atom. The quantitative estimate of drug-likeness (QED) is 0.735. The predicted molar refractivity (Wildman–Crippen MR) is 68.8 cm³/mol. The Labute approximate surface area is 103 Å². The van der Waals surface area contributed by atoms with Crippen LogP contribution in [0.5, 0.6) is 0 Å². The molecule has 0 fully saturated rings. The van der Waals surface area contributed by atoms with E-state index in [4.69, 9.17) is 4.74 Å². The van der Waals surface area contributed by atoms with Gasteiger partial charge in [-0.2, -0.15) is 0 Å². The Hall–Kier alpha value is -1.35. The van der Waals surface area contributed by atoms with Gasteiger partial charge >= 0.3 is 5.97 Å². The number of rotatable bonds is 7. The Balaban J connectivity index is 2.47. The van der Waals surface area contributed by atoms with Gasteiger partial charge in [0.15, 0.2) is 0 Å². The summed E-state index contributed by atoms with van der Waals surface area (Å²) in [5.41, 5.74) is 1.26. The van der Waals surface area contributed by atoms with E-state index >= 15 is 0 Å². The lowest BCUT2D eigenvalue weighted by molar-refractivity contribution is -0.148. The first-order chi connectivity index (χ1) is 8.27. The zero-order valence-corrected chi connectivity index (χ0v) is 10.6. The van der Waals surface area contributed by atoms with Gasteiger partial charge in [-0.25, -0.2) is 0 Å². The summed E-state index contributed by atoms with van der Waals surface area (Å²) in [5.74, 6) is -0.155. The third kappa shape index (κ3) is 5.00. The average Bonchev–Trinajstić information content (AvgIpc) is 2.36. The van der Waals surface area contributed by atoms with Crippen LogP contribution in [-0.4, -0.2) is 26.2 Å². The second-order valence-electron chi connectivity index (χ2n) is 4.03. The van der Waals surface area contributed by atoms with E-state index in [1.807, 2.05) is 32.2 Å². The van der Waals surface area contributed by atoms with E-state index in [0.717, 1.165) is 12.8 Å². The number of carbonyl (C=O) groups is 1. The van der Waals surface area contributed by atoms with Crippen LogP contribution in [0.25, 0.3) is 0 Å². The number of esters is 1. The van der Waals surface area contributed by atoms with E-state index in [-0.39, 0.29) is 11.9 Å². The maximum absolute atomic E-state index is 11.7. The lowest BCUT2D eigenvalue weighted by atomic mass is 9.99. The van der Waals surface area contributed by atoms with Crippen LogP contribution in [0.1, 0.15) is 18.9 Å². The minimum atomic E-state index is -0.0993. The highest BCUT2D eigenvalue weighted by atomic mass is 16.5. The first-order valence-electron chi connectivity index (χ1n) is 6.13. The third-order valence-electron chi connectivity index (χ3n) is 2.69. The van der Waals surface area contributed by atoms with Gasteiger partial charge in [-0.15, -0.1) is 0 Å². The number of benzene rings is 1. The number of carbonyl (C=O) groups excluding carboxylic acids is 1. The Kier molecular flexibility index (Phi) is 6.33. The van der Waals surface area contributed by atoms with Crippen molar-refractivity contribution in [2.45, 2.75) is 19.8 Å². The molecule has 3 heteroatoms. The lowest BCUT2D eigenvalue weighted by Gasteiger charge is -2.14. The number of hydrogen-bond acceptors (Lipinski definition) is 3. The summed E-state index contributed by atoms with van der Waals surface area (Å²) in [5, 5.41) is 3.04. The summed E-state index contributed by atoms with van der Waals surface area (Å²) in [7, 11) is 1.86. The van der Waals surface area contributed by atoms with Gasteiger partial charge < -0.3 is 10.1 Å². The lowest BCUT2D eigenvalue weighted by Crippen LogP contribution is -2.28. The van der Waals surface area contributed by atoms with Crippen molar-refractivity contribution in [1.29, 1.82) is 0 Å². The molecular formula is C14H21NO2. The van der Waals surface area contributed by atoms with Crippen LogP contribution in [0.3, 0.4) is 0 Å². The van der Waals surface area contributed by atoms with Crippen LogP contribution >= 0.6 is 0 Å². The standard InChI is InChI=1S/C14H21NO2/c1-3-17-14(16)13(11-15-2)10-9-12-7-5-4-6-8-12/h4-8,13,15H,3,9-11H2,1-2H3. The number of hydrogen-bond donors (Lipinski definition) is 1. The van der Waals surface area contributed by atoms with Gasteiger partial charge in [-0.1, -0.05) is 30.3 Å². The van der Waals surface area contributed by atoms with Crippen LogP contribution in [0, 0.1) is 5.92 Å². The summed E-state index contributed by atoms with van der Waals surface area (Å²) in [6.45, 7) is 2.96. The van der Waals surface area contributed by atoms with Crippen molar-refractivity contribution in [2.24, 2.45) is 5.92 Å². The molecule has 0 bridgehead atoms. The van der Waals surface area contributed by atoms with Crippen LogP contribution in [-0.2, 0) is 16.0 Å². The van der Waals surface area contributed by atoms with Gasteiger partial charge in [0.1, 0.15) is 0 Å². The Morgan fingerprint density at radius 3 is 2.65 bits per heavy atom. The van der Waals surface area contributed by atoms with Gasteiger partial charge in [0.05, 0.1) is 12.5 Å². The molecule has 0 heterocycles. The Bertz CT molecular complexity index is 324. The molecule has 0 aromatic heterocycles. The van der Waals surface area contributed by atoms with Crippen LogP contribution < -0.4 is 5.32 Å². The molecule has 0 amide bonds. The summed E-state index contributed by atoms with van der Waals surface area (Å²) in [6.07, 6.45) is 1.73. The van der Waals surface area contributed by atoms with Gasteiger partial charge in [0, 0.05) is 6.54 Å². The van der Waals surface area contributed by atoms with Crippen molar-refractivity contribution in [2.75, 3.05) is 20.2 Å². The molecule has 1 aromatic carbocycles. The minimum Gasteiger partial charge on any atom is -0.466 e. The molecule has 3 nitrogen and oxygen atoms in total. The van der Waals surface area contributed by atoms with Crippen molar-refractivity contribution in [3.8, 4) is 0 Å². The molecule has 1 N–H and O–H groups in total. The molecule has 1 rings (SSSR count). The van der Waals surface area contributed by atoms with Gasteiger partial charge in [0.25, 0.3) is 0 Å². The molecule has 0 spiro atoms. The molecule has 0 saturated heterocycles. The number of nitrogens with one attached hydrogen (secondary N) is 1. The van der Waals surface area contributed by atoms with E-state index in [9.17, 15) is 4.79 Å². The van der Waals surface area contributed by atoms with E-state index in [0.29, 0.717) is 13.2 Å². The monoisotopic (exact) mass is 235 g/mol. The molecule has 1 unspecified atom stereocenters. The molecule has 0 aliphatic carbocycles. The maximum Gasteiger partial charge on any atom is 0.310 e. The highest BCUT2D eigenvalue weighted by Gasteiger charge is 2.18. The fourth-order valence-corrected chi connectivity index (χ4v) is 1.80. The van der Waals surface area contributed by atoms with E-state index in [2.05, 4.69) is 17.4 Å². The summed E-state index contributed by atoms with van der Waals surface area (Å²) < 4.78 is 5.07. The molecule has 1 atom stereocenters. The van der Waals surface area contributed by atoms with Crippen molar-refractivity contribution >= 4 is 5.97 Å². The van der Waals surface area contributed by atoms with Gasteiger partial charge in [0.2, 0.25) is 0 Å². The largest absolute Gasteiger partial charge is 0.466 e. The van der Waals surface area contributed by atoms with Crippen molar-refractivity contribution in [3.63, 3.8) is 0 Å². The average molecular weight is 235 g/mol. The zero-order valence-electron chi connectivity index (χ0n) is 10.6. The highest BCUT2D eigenvalue weighted by Crippen LogP contribution is 2.11. The number of ether oxygens (including phenoxy) is 1. The molecule has 94 valence electrons. The van der Waals surface area contributed by atoms with Crippen LogP contribution in [0.15, 0.2) is 30.3 Å². The van der Waals surface area contributed by atoms with Crippen molar-refractivity contribution in [1.82, 2.24) is 5.32 Å². The maximum atomic E-state index is 11.7. The van der Waals surface area contributed by atoms with Crippen LogP contribution in [0.4, 0.5) is 0 Å². The van der Waals surface area contributed by atoms with Crippen molar-refractivity contribution in [3.05, 3.63) is 35.9 Å². The fourth-order valence-electron chi connectivity index (χ4n) is 1.80. The fraction of sp³-hybridized carbons (Fsp3) is 0.500. The highest BCUT2D eigenvalue weighted by molar-refractivity contribution is 5.72. The second-order valence-corrected chi connectivity index (χ2v) is 4.03. The molecule has 1 aromatic rings. The van der Waals surface area contributed by atoms with Gasteiger partial charge in [-0.3, -0.25) is 4.79 Å². The molecule has 0 aliphatic rings. The first kappa shape index (κ1) is 13.7.